The molecule has 2 atom stereocenters. The van der Waals surface area contributed by atoms with Gasteiger partial charge in [-0.3, -0.25) is 0 Å². The van der Waals surface area contributed by atoms with Crippen molar-refractivity contribution in [1.29, 1.82) is 0 Å². The summed E-state index contributed by atoms with van der Waals surface area (Å²) in [5, 5.41) is 2.39. The molecule has 3 nitrogen and oxygen atoms in total. The van der Waals surface area contributed by atoms with Crippen LogP contribution in [0.4, 0.5) is 0 Å². The average molecular weight is 522 g/mol. The van der Waals surface area contributed by atoms with E-state index in [1.54, 1.807) is 0 Å². The van der Waals surface area contributed by atoms with Crippen LogP contribution in [-0.2, 0) is 14.0 Å². The fraction of sp³-hybridized carbons (Fsp3) is 0.606. The van der Waals surface area contributed by atoms with Gasteiger partial charge in [-0.1, -0.05) is 140 Å². The Morgan fingerprint density at radius 3 is 1.73 bits per heavy atom. The minimum Gasteiger partial charge on any atom is -0.463 e. The summed E-state index contributed by atoms with van der Waals surface area (Å²) in [7, 11) is -1.68. The number of ether oxygens (including phenoxy) is 1. The van der Waals surface area contributed by atoms with Crippen molar-refractivity contribution < 1.29 is 14.0 Å². The zero-order chi connectivity index (χ0) is 26.6. The Balaban J connectivity index is 2.22. The molecule has 0 bridgehead atoms. The van der Waals surface area contributed by atoms with Crippen molar-refractivity contribution in [1.82, 2.24) is 0 Å². The smallest absolute Gasteiger partial charge is 0.337 e. The van der Waals surface area contributed by atoms with Gasteiger partial charge in [-0.05, 0) is 36.1 Å². The van der Waals surface area contributed by atoms with Crippen LogP contribution in [0.3, 0.4) is 0 Å². The first-order valence-corrected chi connectivity index (χ1v) is 16.3. The van der Waals surface area contributed by atoms with Crippen LogP contribution in [-0.4, -0.2) is 27.2 Å². The maximum Gasteiger partial charge on any atom is 0.337 e. The summed E-state index contributed by atoms with van der Waals surface area (Å²) >= 11 is 0. The van der Waals surface area contributed by atoms with E-state index in [2.05, 4.69) is 88.4 Å². The molecule has 1 radical (unpaired) electrons. The predicted octanol–water partition coefficient (Wildman–Crippen LogP) is 7.47. The molecule has 0 aliphatic carbocycles. The van der Waals surface area contributed by atoms with E-state index in [0.29, 0.717) is 12.5 Å². The number of carbonyl (C=O) groups excluding carboxylic acids is 1. The highest BCUT2D eigenvalue weighted by Crippen LogP contribution is 2.56. The van der Waals surface area contributed by atoms with Crippen LogP contribution in [0.5, 0.6) is 0 Å². The molecule has 3 rings (SSSR count). The van der Waals surface area contributed by atoms with Gasteiger partial charge >= 0.3 is 5.97 Å². The van der Waals surface area contributed by atoms with Gasteiger partial charge in [-0.25, -0.2) is 4.79 Å². The maximum atomic E-state index is 14.3. The molecule has 0 amide bonds. The highest BCUT2D eigenvalue weighted by molar-refractivity contribution is 6.80. The number of esters is 1. The summed E-state index contributed by atoms with van der Waals surface area (Å²) < 4.78 is 13.7. The molecule has 1 heterocycles. The van der Waals surface area contributed by atoms with E-state index >= 15 is 0 Å². The van der Waals surface area contributed by atoms with Gasteiger partial charge in [0.15, 0.2) is 5.60 Å². The molecule has 0 aromatic heterocycles. The number of hydrogen-bond donors (Lipinski definition) is 0. The summed E-state index contributed by atoms with van der Waals surface area (Å²) in [6, 6.07) is 21.2. The van der Waals surface area contributed by atoms with Crippen LogP contribution in [0.1, 0.15) is 105 Å². The molecule has 2 aromatic rings. The van der Waals surface area contributed by atoms with Gasteiger partial charge in [0, 0.05) is 11.3 Å². The van der Waals surface area contributed by atoms with Crippen molar-refractivity contribution in [2.24, 2.45) is 11.3 Å². The topological polar surface area (TPSA) is 35.5 Å². The van der Waals surface area contributed by atoms with Crippen molar-refractivity contribution in [3.8, 4) is 0 Å². The van der Waals surface area contributed by atoms with Crippen molar-refractivity contribution in [2.45, 2.75) is 110 Å². The van der Waals surface area contributed by atoms with Crippen LogP contribution in [0.2, 0.25) is 0 Å². The van der Waals surface area contributed by atoms with Crippen molar-refractivity contribution in [2.75, 3.05) is 6.61 Å². The third-order valence-corrected chi connectivity index (χ3v) is 10.7. The Morgan fingerprint density at radius 2 is 1.24 bits per heavy atom. The van der Waals surface area contributed by atoms with Crippen LogP contribution < -0.4 is 10.4 Å². The third-order valence-electron chi connectivity index (χ3n) is 8.42. The second-order valence-corrected chi connectivity index (χ2v) is 12.9. The first-order valence-electron chi connectivity index (χ1n) is 14.9. The van der Waals surface area contributed by atoms with Crippen LogP contribution in [0.15, 0.2) is 60.7 Å². The second-order valence-electron chi connectivity index (χ2n) is 10.9. The number of benzene rings is 2. The summed E-state index contributed by atoms with van der Waals surface area (Å²) in [5.41, 5.74) is -1.11. The fourth-order valence-electron chi connectivity index (χ4n) is 6.33. The normalized spacial score (nSPS) is 21.2. The molecular formula is C33H49O3Si. The van der Waals surface area contributed by atoms with Crippen LogP contribution in [0, 0.1) is 11.3 Å². The zero-order valence-electron chi connectivity index (χ0n) is 23.8. The van der Waals surface area contributed by atoms with E-state index in [9.17, 15) is 4.79 Å². The summed E-state index contributed by atoms with van der Waals surface area (Å²) in [4.78, 5) is 14.3. The van der Waals surface area contributed by atoms with E-state index in [4.69, 9.17) is 9.16 Å². The largest absolute Gasteiger partial charge is 0.463 e. The van der Waals surface area contributed by atoms with Crippen LogP contribution >= 0.6 is 0 Å². The highest BCUT2D eigenvalue weighted by Gasteiger charge is 2.63. The monoisotopic (exact) mass is 521 g/mol. The molecule has 2 aromatic carbocycles. The minimum atomic E-state index is -1.68. The van der Waals surface area contributed by atoms with Gasteiger partial charge < -0.3 is 9.16 Å². The lowest BCUT2D eigenvalue weighted by Gasteiger charge is -2.57. The molecular weight excluding hydrogens is 472 g/mol. The summed E-state index contributed by atoms with van der Waals surface area (Å²) in [6.45, 7) is 9.57. The number of cyclic esters (lactones) is 1. The molecule has 1 saturated heterocycles. The number of unbranched alkanes of at least 4 members (excludes halogenated alkanes) is 4. The Bertz CT molecular complexity index is 868. The van der Waals surface area contributed by atoms with Gasteiger partial charge in [-0.2, -0.15) is 0 Å². The number of carbonyl (C=O) groups is 1. The molecule has 0 saturated carbocycles. The van der Waals surface area contributed by atoms with Crippen molar-refractivity contribution >= 4 is 25.4 Å². The van der Waals surface area contributed by atoms with Crippen molar-refractivity contribution in [3.05, 3.63) is 60.7 Å². The van der Waals surface area contributed by atoms with Gasteiger partial charge in [0.1, 0.15) is 0 Å². The molecule has 1 unspecified atom stereocenters. The van der Waals surface area contributed by atoms with E-state index in [1.165, 1.54) is 16.8 Å². The summed E-state index contributed by atoms with van der Waals surface area (Å²) in [6.07, 6.45) is 12.7. The molecule has 1 fully saturated rings. The Labute approximate surface area is 228 Å². The van der Waals surface area contributed by atoms with E-state index in [0.717, 1.165) is 70.6 Å². The first kappa shape index (κ1) is 29.6. The van der Waals surface area contributed by atoms with E-state index in [1.807, 2.05) is 0 Å². The van der Waals surface area contributed by atoms with E-state index in [-0.39, 0.29) is 11.4 Å². The molecule has 1 aliphatic heterocycles. The lowest BCUT2D eigenvalue weighted by Crippen LogP contribution is -2.68. The van der Waals surface area contributed by atoms with Crippen LogP contribution in [0.25, 0.3) is 0 Å². The highest BCUT2D eigenvalue weighted by atomic mass is 28.3. The minimum absolute atomic E-state index is 0.102. The third kappa shape index (κ3) is 6.75. The lowest BCUT2D eigenvalue weighted by molar-refractivity contribution is -0.214. The van der Waals surface area contributed by atoms with E-state index < -0.39 is 14.6 Å². The number of rotatable bonds is 16. The number of hydrogen-bond acceptors (Lipinski definition) is 3. The molecule has 1 aliphatic rings. The molecule has 37 heavy (non-hydrogen) atoms. The molecule has 0 spiro atoms. The van der Waals surface area contributed by atoms with Gasteiger partial charge in [-0.15, -0.1) is 0 Å². The van der Waals surface area contributed by atoms with Gasteiger partial charge in [0.2, 0.25) is 0 Å². The zero-order valence-corrected chi connectivity index (χ0v) is 24.8. The standard InChI is InChI=1S/C33H49O3Si/c1-5-9-19-28-27-35-31(34)33(26-12-8-4,32(28,24-10-6-2)25-11-7-3)36-37(29-20-15-13-16-21-29)30-22-17-14-18-23-30/h13-18,20-23,28H,5-12,19,24-27H2,1-4H3/t28?,33-/m0/s1. The van der Waals surface area contributed by atoms with Gasteiger partial charge in [0.25, 0.3) is 9.04 Å². The first-order chi connectivity index (χ1) is 18.1. The Hall–Kier alpha value is -1.91. The lowest BCUT2D eigenvalue weighted by atomic mass is 9.55. The van der Waals surface area contributed by atoms with Gasteiger partial charge in [0.05, 0.1) is 6.61 Å². The molecule has 203 valence electrons. The molecule has 4 heteroatoms. The predicted molar refractivity (Wildman–Crippen MR) is 157 cm³/mol. The fourth-order valence-corrected chi connectivity index (χ4v) is 8.62. The maximum absolute atomic E-state index is 14.3. The van der Waals surface area contributed by atoms with Crippen molar-refractivity contribution in [3.63, 3.8) is 0 Å². The summed E-state index contributed by atoms with van der Waals surface area (Å²) in [5.74, 6) is 0.241. The quantitative estimate of drug-likeness (QED) is 0.170. The molecule has 0 N–H and O–H groups in total. The second kappa shape index (κ2) is 14.9. The Morgan fingerprint density at radius 1 is 0.757 bits per heavy atom. The Kier molecular flexibility index (Phi) is 11.9. The average Bonchev–Trinajstić information content (AvgIpc) is 2.94. The SMILES string of the molecule is CCCCC1COC(=O)[C@](CCCC)(O[Si](c2ccccc2)c2ccccc2)C1(CCCC)CCCC.